The Morgan fingerprint density at radius 2 is 2.00 bits per heavy atom. The summed E-state index contributed by atoms with van der Waals surface area (Å²) < 4.78 is 1.90. The Morgan fingerprint density at radius 3 is 2.57 bits per heavy atom. The van der Waals surface area contributed by atoms with E-state index in [2.05, 4.69) is 10.4 Å². The monoisotopic (exact) mass is 325 g/mol. The van der Waals surface area contributed by atoms with E-state index in [1.807, 2.05) is 25.5 Å². The van der Waals surface area contributed by atoms with E-state index in [0.29, 0.717) is 28.7 Å². The minimum Gasteiger partial charge on any atom is -0.350 e. The second-order valence-electron chi connectivity index (χ2n) is 4.90. The van der Waals surface area contributed by atoms with Crippen LogP contribution in [0.25, 0.3) is 0 Å². The van der Waals surface area contributed by atoms with Crippen molar-refractivity contribution in [2.75, 3.05) is 6.54 Å². The molecule has 0 aliphatic carbocycles. The van der Waals surface area contributed by atoms with E-state index < -0.39 is 0 Å². The molecule has 0 fully saturated rings. The first-order chi connectivity index (χ1) is 9.90. The van der Waals surface area contributed by atoms with Gasteiger partial charge in [0.2, 0.25) is 0 Å². The lowest BCUT2D eigenvalue weighted by Gasteiger charge is -2.08. The van der Waals surface area contributed by atoms with Gasteiger partial charge in [0.05, 0.1) is 22.8 Å². The SMILES string of the molecule is Cc1nn(CCNC(=O)c2ccc(Cl)cc2Cl)c(C)c1C. The van der Waals surface area contributed by atoms with Crippen molar-refractivity contribution in [1.82, 2.24) is 15.1 Å². The number of nitrogens with one attached hydrogen (secondary N) is 1. The van der Waals surface area contributed by atoms with Crippen LogP contribution in [0.5, 0.6) is 0 Å². The Morgan fingerprint density at radius 1 is 1.29 bits per heavy atom. The van der Waals surface area contributed by atoms with Gasteiger partial charge in [0.1, 0.15) is 0 Å². The number of halogens is 2. The van der Waals surface area contributed by atoms with Crippen molar-refractivity contribution < 1.29 is 4.79 Å². The second-order valence-corrected chi connectivity index (χ2v) is 5.74. The summed E-state index contributed by atoms with van der Waals surface area (Å²) in [5.41, 5.74) is 3.73. The van der Waals surface area contributed by atoms with E-state index in [4.69, 9.17) is 23.2 Å². The van der Waals surface area contributed by atoms with Gasteiger partial charge in [-0.2, -0.15) is 5.10 Å². The number of carbonyl (C=O) groups excluding carboxylic acids is 1. The highest BCUT2D eigenvalue weighted by molar-refractivity contribution is 6.36. The molecule has 0 aliphatic heterocycles. The van der Waals surface area contributed by atoms with Gasteiger partial charge in [-0.05, 0) is 44.5 Å². The molecule has 6 heteroatoms. The van der Waals surface area contributed by atoms with Crippen LogP contribution in [0.4, 0.5) is 0 Å². The van der Waals surface area contributed by atoms with Crippen molar-refractivity contribution in [2.45, 2.75) is 27.3 Å². The highest BCUT2D eigenvalue weighted by Crippen LogP contribution is 2.20. The van der Waals surface area contributed by atoms with Crippen LogP contribution < -0.4 is 5.32 Å². The summed E-state index contributed by atoms with van der Waals surface area (Å²) >= 11 is 11.8. The summed E-state index contributed by atoms with van der Waals surface area (Å²) in [6.07, 6.45) is 0. The molecule has 1 aromatic carbocycles. The minimum absolute atomic E-state index is 0.213. The van der Waals surface area contributed by atoms with Crippen molar-refractivity contribution in [3.63, 3.8) is 0 Å². The van der Waals surface area contributed by atoms with Crippen LogP contribution in [0.2, 0.25) is 10.0 Å². The molecule has 4 nitrogen and oxygen atoms in total. The van der Waals surface area contributed by atoms with E-state index >= 15 is 0 Å². The lowest BCUT2D eigenvalue weighted by molar-refractivity contribution is 0.0952. The molecule has 1 amide bonds. The molecular formula is C15H17Cl2N3O. The molecule has 21 heavy (non-hydrogen) atoms. The molecule has 0 unspecified atom stereocenters. The first-order valence-corrected chi connectivity index (χ1v) is 7.39. The Kier molecular flexibility index (Phi) is 4.91. The highest BCUT2D eigenvalue weighted by Gasteiger charge is 2.11. The molecule has 1 N–H and O–H groups in total. The minimum atomic E-state index is -0.213. The number of aryl methyl sites for hydroxylation is 1. The van der Waals surface area contributed by atoms with E-state index in [9.17, 15) is 4.79 Å². The molecule has 2 rings (SSSR count). The summed E-state index contributed by atoms with van der Waals surface area (Å²) in [6.45, 7) is 7.15. The number of hydrogen-bond donors (Lipinski definition) is 1. The summed E-state index contributed by atoms with van der Waals surface area (Å²) in [4.78, 5) is 12.1. The van der Waals surface area contributed by atoms with Crippen molar-refractivity contribution in [3.05, 3.63) is 50.8 Å². The van der Waals surface area contributed by atoms with Crippen LogP contribution in [0.3, 0.4) is 0 Å². The standard InChI is InChI=1S/C15H17Cl2N3O/c1-9-10(2)19-20(11(9)3)7-6-18-15(21)13-5-4-12(16)8-14(13)17/h4-5,8H,6-7H2,1-3H3,(H,18,21). The van der Waals surface area contributed by atoms with Gasteiger partial charge in [0.25, 0.3) is 5.91 Å². The molecule has 0 aliphatic rings. The average molecular weight is 326 g/mol. The highest BCUT2D eigenvalue weighted by atomic mass is 35.5. The fraction of sp³-hybridized carbons (Fsp3) is 0.333. The lowest BCUT2D eigenvalue weighted by Crippen LogP contribution is -2.28. The molecule has 0 saturated carbocycles. The zero-order valence-electron chi connectivity index (χ0n) is 12.2. The number of carbonyl (C=O) groups is 1. The zero-order chi connectivity index (χ0) is 15.6. The third-order valence-electron chi connectivity index (χ3n) is 3.53. The van der Waals surface area contributed by atoms with Gasteiger partial charge in [0, 0.05) is 17.3 Å². The van der Waals surface area contributed by atoms with Crippen molar-refractivity contribution in [1.29, 1.82) is 0 Å². The number of rotatable bonds is 4. The number of aromatic nitrogens is 2. The molecule has 0 bridgehead atoms. The average Bonchev–Trinajstić information content (AvgIpc) is 2.66. The Balaban J connectivity index is 1.97. The largest absolute Gasteiger partial charge is 0.350 e. The molecule has 0 saturated heterocycles. The topological polar surface area (TPSA) is 46.9 Å². The fourth-order valence-electron chi connectivity index (χ4n) is 2.05. The molecule has 2 aromatic rings. The first-order valence-electron chi connectivity index (χ1n) is 6.64. The summed E-state index contributed by atoms with van der Waals surface area (Å²) in [5, 5.41) is 8.12. The van der Waals surface area contributed by atoms with Gasteiger partial charge in [-0.3, -0.25) is 9.48 Å². The van der Waals surface area contributed by atoms with E-state index in [1.54, 1.807) is 18.2 Å². The quantitative estimate of drug-likeness (QED) is 0.934. The van der Waals surface area contributed by atoms with E-state index in [1.165, 1.54) is 5.56 Å². The number of benzene rings is 1. The van der Waals surface area contributed by atoms with Gasteiger partial charge in [-0.15, -0.1) is 0 Å². The van der Waals surface area contributed by atoms with Crippen LogP contribution in [-0.4, -0.2) is 22.2 Å². The smallest absolute Gasteiger partial charge is 0.252 e. The third-order valence-corrected chi connectivity index (χ3v) is 4.08. The number of amides is 1. The van der Waals surface area contributed by atoms with Gasteiger partial charge in [0.15, 0.2) is 0 Å². The molecular weight excluding hydrogens is 309 g/mol. The zero-order valence-corrected chi connectivity index (χ0v) is 13.7. The molecule has 0 spiro atoms. The van der Waals surface area contributed by atoms with Gasteiger partial charge in [-0.25, -0.2) is 0 Å². The van der Waals surface area contributed by atoms with Gasteiger partial charge < -0.3 is 5.32 Å². The summed E-state index contributed by atoms with van der Waals surface area (Å²) in [6, 6.07) is 4.82. The van der Waals surface area contributed by atoms with Gasteiger partial charge >= 0.3 is 0 Å². The van der Waals surface area contributed by atoms with Crippen molar-refractivity contribution in [2.24, 2.45) is 0 Å². The second kappa shape index (κ2) is 6.50. The molecule has 1 aromatic heterocycles. The number of nitrogens with zero attached hydrogens (tertiary/aromatic N) is 2. The maximum absolute atomic E-state index is 12.1. The molecule has 0 radical (unpaired) electrons. The third kappa shape index (κ3) is 3.57. The van der Waals surface area contributed by atoms with Crippen LogP contribution in [0, 0.1) is 20.8 Å². The molecule has 0 atom stereocenters. The Bertz CT molecular complexity index is 680. The predicted molar refractivity (Wildman–Crippen MR) is 85.2 cm³/mol. The van der Waals surface area contributed by atoms with Crippen LogP contribution in [-0.2, 0) is 6.54 Å². The Labute approximate surface area is 134 Å². The number of hydrogen-bond acceptors (Lipinski definition) is 2. The predicted octanol–water partition coefficient (Wildman–Crippen LogP) is 3.55. The van der Waals surface area contributed by atoms with E-state index in [0.717, 1.165) is 11.4 Å². The van der Waals surface area contributed by atoms with Crippen molar-refractivity contribution >= 4 is 29.1 Å². The first kappa shape index (κ1) is 15.9. The van der Waals surface area contributed by atoms with E-state index in [-0.39, 0.29) is 5.91 Å². The van der Waals surface area contributed by atoms with Gasteiger partial charge in [-0.1, -0.05) is 23.2 Å². The molecule has 1 heterocycles. The summed E-state index contributed by atoms with van der Waals surface area (Å²) in [7, 11) is 0. The van der Waals surface area contributed by atoms with Crippen molar-refractivity contribution in [3.8, 4) is 0 Å². The maximum Gasteiger partial charge on any atom is 0.252 e. The Hall–Kier alpha value is -1.52. The van der Waals surface area contributed by atoms with Crippen LogP contribution in [0.15, 0.2) is 18.2 Å². The van der Waals surface area contributed by atoms with Crippen LogP contribution >= 0.6 is 23.2 Å². The maximum atomic E-state index is 12.1. The summed E-state index contributed by atoms with van der Waals surface area (Å²) in [5.74, 6) is -0.213. The normalized spacial score (nSPS) is 10.7. The van der Waals surface area contributed by atoms with Crippen LogP contribution in [0.1, 0.15) is 27.3 Å². The fourth-order valence-corrected chi connectivity index (χ4v) is 2.54. The molecule has 112 valence electrons. The lowest BCUT2D eigenvalue weighted by atomic mass is 10.2.